The van der Waals surface area contributed by atoms with Crippen molar-refractivity contribution in [2.75, 3.05) is 0 Å². The SMILES string of the molecule is Cc1ccc(Cn2c(-c3ccccc3)cn3c4c(=O)n(C)c(=O)n(C)c4nc23)cc1. The van der Waals surface area contributed by atoms with E-state index in [-0.39, 0.29) is 11.2 Å². The van der Waals surface area contributed by atoms with Crippen LogP contribution in [0.3, 0.4) is 0 Å². The van der Waals surface area contributed by atoms with E-state index in [0.717, 1.165) is 21.4 Å². The third-order valence-corrected chi connectivity index (χ3v) is 5.59. The first kappa shape index (κ1) is 18.2. The molecule has 5 rings (SSSR count). The van der Waals surface area contributed by atoms with Crippen LogP contribution in [0, 0.1) is 6.92 Å². The molecule has 5 aromatic rings. The molecule has 2 aromatic carbocycles. The fourth-order valence-corrected chi connectivity index (χ4v) is 3.89. The highest BCUT2D eigenvalue weighted by Gasteiger charge is 2.20. The highest BCUT2D eigenvalue weighted by molar-refractivity contribution is 5.78. The number of hydrogen-bond donors (Lipinski definition) is 0. The van der Waals surface area contributed by atoms with Crippen LogP contribution in [0.2, 0.25) is 0 Å². The summed E-state index contributed by atoms with van der Waals surface area (Å²) >= 11 is 0. The standard InChI is InChI=1S/C23H21N5O2/c1-15-9-11-16(12-10-15)13-27-18(17-7-5-4-6-8-17)14-28-19-20(24-22(27)28)25(2)23(30)26(3)21(19)29/h4-12,14H,13H2,1-3H3. The number of hydrogen-bond acceptors (Lipinski definition) is 3. The molecule has 0 amide bonds. The van der Waals surface area contributed by atoms with Gasteiger partial charge in [-0.3, -0.25) is 18.3 Å². The Morgan fingerprint density at radius 1 is 0.900 bits per heavy atom. The number of imidazole rings is 2. The van der Waals surface area contributed by atoms with Crippen LogP contribution in [0.5, 0.6) is 0 Å². The minimum Gasteiger partial charge on any atom is -0.305 e. The Morgan fingerprint density at radius 3 is 2.30 bits per heavy atom. The lowest BCUT2D eigenvalue weighted by molar-refractivity contribution is 0.707. The minimum atomic E-state index is -0.387. The summed E-state index contributed by atoms with van der Waals surface area (Å²) < 4.78 is 6.43. The molecule has 0 radical (unpaired) electrons. The Labute approximate surface area is 172 Å². The van der Waals surface area contributed by atoms with E-state index in [2.05, 4.69) is 35.8 Å². The molecule has 150 valence electrons. The van der Waals surface area contributed by atoms with E-state index >= 15 is 0 Å². The first-order valence-corrected chi connectivity index (χ1v) is 9.74. The van der Waals surface area contributed by atoms with Crippen molar-refractivity contribution in [2.45, 2.75) is 13.5 Å². The van der Waals surface area contributed by atoms with Crippen LogP contribution in [0.25, 0.3) is 28.2 Å². The minimum absolute atomic E-state index is 0.354. The second kappa shape index (κ2) is 6.59. The first-order valence-electron chi connectivity index (χ1n) is 9.74. The molecule has 0 aliphatic heterocycles. The predicted molar refractivity (Wildman–Crippen MR) is 117 cm³/mol. The molecule has 0 unspecified atom stereocenters. The molecule has 7 nitrogen and oxygen atoms in total. The van der Waals surface area contributed by atoms with Crippen molar-refractivity contribution in [1.29, 1.82) is 0 Å². The molecule has 0 saturated carbocycles. The molecular weight excluding hydrogens is 378 g/mol. The Bertz CT molecular complexity index is 1520. The number of aromatic nitrogens is 5. The van der Waals surface area contributed by atoms with Crippen LogP contribution in [0.1, 0.15) is 11.1 Å². The molecule has 0 aliphatic carbocycles. The van der Waals surface area contributed by atoms with Crippen LogP contribution in [0.15, 0.2) is 70.4 Å². The van der Waals surface area contributed by atoms with Crippen molar-refractivity contribution in [3.63, 3.8) is 0 Å². The maximum absolute atomic E-state index is 12.9. The second-order valence-corrected chi connectivity index (χ2v) is 7.61. The number of rotatable bonds is 3. The van der Waals surface area contributed by atoms with Crippen molar-refractivity contribution < 1.29 is 0 Å². The smallest absolute Gasteiger partial charge is 0.305 e. The van der Waals surface area contributed by atoms with E-state index in [0.29, 0.717) is 23.5 Å². The van der Waals surface area contributed by atoms with Crippen LogP contribution < -0.4 is 11.2 Å². The molecule has 0 saturated heterocycles. The number of benzene rings is 2. The third-order valence-electron chi connectivity index (χ3n) is 5.59. The van der Waals surface area contributed by atoms with Gasteiger partial charge in [0.1, 0.15) is 0 Å². The van der Waals surface area contributed by atoms with Gasteiger partial charge in [-0.25, -0.2) is 4.79 Å². The Hall–Kier alpha value is -3.87. The molecule has 0 bridgehead atoms. The second-order valence-electron chi connectivity index (χ2n) is 7.61. The molecule has 0 aliphatic rings. The predicted octanol–water partition coefficient (Wildman–Crippen LogP) is 2.71. The zero-order valence-electron chi connectivity index (χ0n) is 17.0. The van der Waals surface area contributed by atoms with Crippen molar-refractivity contribution in [1.82, 2.24) is 23.1 Å². The fourth-order valence-electron chi connectivity index (χ4n) is 3.89. The van der Waals surface area contributed by atoms with Gasteiger partial charge < -0.3 is 4.57 Å². The maximum Gasteiger partial charge on any atom is 0.332 e. The van der Waals surface area contributed by atoms with Crippen molar-refractivity contribution in [3.8, 4) is 11.3 Å². The van der Waals surface area contributed by atoms with Crippen LogP contribution in [-0.2, 0) is 20.6 Å². The van der Waals surface area contributed by atoms with Crippen LogP contribution >= 0.6 is 0 Å². The maximum atomic E-state index is 12.9. The van der Waals surface area contributed by atoms with Gasteiger partial charge in [-0.2, -0.15) is 4.98 Å². The van der Waals surface area contributed by atoms with Gasteiger partial charge >= 0.3 is 5.69 Å². The van der Waals surface area contributed by atoms with Gasteiger partial charge in [0.05, 0.1) is 12.2 Å². The lowest BCUT2D eigenvalue weighted by Gasteiger charge is -2.09. The van der Waals surface area contributed by atoms with Gasteiger partial charge in [-0.15, -0.1) is 0 Å². The van der Waals surface area contributed by atoms with E-state index in [9.17, 15) is 9.59 Å². The highest BCUT2D eigenvalue weighted by atomic mass is 16.2. The summed E-state index contributed by atoms with van der Waals surface area (Å²) in [5.41, 5.74) is 4.36. The zero-order valence-corrected chi connectivity index (χ0v) is 17.0. The topological polar surface area (TPSA) is 66.2 Å². The summed E-state index contributed by atoms with van der Waals surface area (Å²) in [5.74, 6) is 0.628. The van der Waals surface area contributed by atoms with Gasteiger partial charge in [0, 0.05) is 20.3 Å². The monoisotopic (exact) mass is 399 g/mol. The first-order chi connectivity index (χ1) is 14.5. The average Bonchev–Trinajstić information content (AvgIpc) is 3.30. The fraction of sp³-hybridized carbons (Fsp3) is 0.174. The molecule has 0 N–H and O–H groups in total. The molecular formula is C23H21N5O2. The average molecular weight is 399 g/mol. The van der Waals surface area contributed by atoms with E-state index in [1.54, 1.807) is 11.4 Å². The van der Waals surface area contributed by atoms with Gasteiger partial charge in [0.2, 0.25) is 5.78 Å². The molecule has 30 heavy (non-hydrogen) atoms. The van der Waals surface area contributed by atoms with Crippen molar-refractivity contribution >= 4 is 16.9 Å². The van der Waals surface area contributed by atoms with Gasteiger partial charge in [-0.05, 0) is 18.1 Å². The van der Waals surface area contributed by atoms with Crippen LogP contribution in [-0.4, -0.2) is 23.1 Å². The quantitative estimate of drug-likeness (QED) is 0.469. The van der Waals surface area contributed by atoms with E-state index in [1.807, 2.05) is 36.5 Å². The molecule has 0 spiro atoms. The zero-order chi connectivity index (χ0) is 21.0. The number of nitrogens with zero attached hydrogens (tertiary/aromatic N) is 5. The van der Waals surface area contributed by atoms with Gasteiger partial charge in [0.15, 0.2) is 11.2 Å². The third kappa shape index (κ3) is 2.62. The summed E-state index contributed by atoms with van der Waals surface area (Å²) in [6.07, 6.45) is 1.93. The van der Waals surface area contributed by atoms with Crippen LogP contribution in [0.4, 0.5) is 0 Å². The Kier molecular flexibility index (Phi) is 3.99. The Balaban J connectivity index is 1.85. The summed E-state index contributed by atoms with van der Waals surface area (Å²) in [4.78, 5) is 30.0. The van der Waals surface area contributed by atoms with E-state index in [1.165, 1.54) is 17.2 Å². The summed E-state index contributed by atoms with van der Waals surface area (Å²) in [7, 11) is 3.13. The molecule has 3 heterocycles. The van der Waals surface area contributed by atoms with Gasteiger partial charge in [0.25, 0.3) is 5.56 Å². The van der Waals surface area contributed by atoms with E-state index < -0.39 is 0 Å². The normalized spacial score (nSPS) is 11.6. The van der Waals surface area contributed by atoms with Crippen molar-refractivity contribution in [2.24, 2.45) is 14.1 Å². The van der Waals surface area contributed by atoms with Gasteiger partial charge in [-0.1, -0.05) is 60.2 Å². The summed E-state index contributed by atoms with van der Waals surface area (Å²) in [5, 5.41) is 0. The molecule has 7 heteroatoms. The largest absolute Gasteiger partial charge is 0.332 e. The lowest BCUT2D eigenvalue weighted by Crippen LogP contribution is -2.37. The summed E-state index contributed by atoms with van der Waals surface area (Å²) in [6.45, 7) is 2.66. The van der Waals surface area contributed by atoms with Crippen molar-refractivity contribution in [3.05, 3.63) is 92.8 Å². The highest BCUT2D eigenvalue weighted by Crippen LogP contribution is 2.26. The molecule has 0 fully saturated rings. The lowest BCUT2D eigenvalue weighted by atomic mass is 10.1. The number of aryl methyl sites for hydroxylation is 2. The summed E-state index contributed by atoms with van der Waals surface area (Å²) in [6, 6.07) is 18.4. The number of fused-ring (bicyclic) bond motifs is 3. The Morgan fingerprint density at radius 2 is 1.60 bits per heavy atom. The molecule has 3 aromatic heterocycles. The molecule has 0 atom stereocenters. The van der Waals surface area contributed by atoms with E-state index in [4.69, 9.17) is 4.98 Å².